The average Bonchev–Trinajstić information content (AvgIpc) is 2.90. The van der Waals surface area contributed by atoms with Gasteiger partial charge in [-0.2, -0.15) is 0 Å². The Labute approximate surface area is 136 Å². The number of hydrogen-bond donors (Lipinski definition) is 2. The third-order valence-corrected chi connectivity index (χ3v) is 3.59. The summed E-state index contributed by atoms with van der Waals surface area (Å²) in [6.07, 6.45) is 4.47. The molecule has 0 aliphatic carbocycles. The molecule has 1 aromatic carbocycles. The van der Waals surface area contributed by atoms with E-state index in [9.17, 15) is 4.79 Å². The van der Waals surface area contributed by atoms with Gasteiger partial charge in [-0.25, -0.2) is 4.79 Å². The van der Waals surface area contributed by atoms with Gasteiger partial charge in [-0.15, -0.1) is 0 Å². The second-order valence-electron chi connectivity index (χ2n) is 5.31. The molecule has 3 N–H and O–H groups in total. The van der Waals surface area contributed by atoms with E-state index in [1.807, 2.05) is 24.3 Å². The summed E-state index contributed by atoms with van der Waals surface area (Å²) in [4.78, 5) is 14.7. The van der Waals surface area contributed by atoms with Gasteiger partial charge in [-0.1, -0.05) is 31.5 Å². The lowest BCUT2D eigenvalue weighted by Gasteiger charge is -2.11. The van der Waals surface area contributed by atoms with Gasteiger partial charge >= 0.3 is 5.97 Å². The monoisotopic (exact) mass is 316 g/mol. The number of hydrogen-bond acceptors (Lipinski definition) is 4. The Morgan fingerprint density at radius 1 is 1.22 bits per heavy atom. The normalized spacial score (nSPS) is 10.5. The number of H-pyrrole nitrogens is 1. The maximum absolute atomic E-state index is 11.8. The molecule has 1 aromatic heterocycles. The SMILES string of the molecule is CCCCOc1ccccc1Cc1c[nH]c(C(=O)OCC)c1N. The number of esters is 1. The number of aromatic amines is 1. The van der Waals surface area contributed by atoms with Gasteiger partial charge in [0.1, 0.15) is 11.4 Å². The lowest BCUT2D eigenvalue weighted by Crippen LogP contribution is -2.08. The summed E-state index contributed by atoms with van der Waals surface area (Å²) >= 11 is 0. The van der Waals surface area contributed by atoms with E-state index in [2.05, 4.69) is 11.9 Å². The van der Waals surface area contributed by atoms with E-state index in [4.69, 9.17) is 15.2 Å². The predicted molar refractivity (Wildman–Crippen MR) is 90.8 cm³/mol. The molecular weight excluding hydrogens is 292 g/mol. The highest BCUT2D eigenvalue weighted by molar-refractivity contribution is 5.94. The number of aromatic nitrogens is 1. The fourth-order valence-electron chi connectivity index (χ4n) is 2.32. The molecule has 0 amide bonds. The van der Waals surface area contributed by atoms with E-state index in [1.165, 1.54) is 0 Å². The largest absolute Gasteiger partial charge is 0.493 e. The number of nitrogens with two attached hydrogens (primary N) is 1. The van der Waals surface area contributed by atoms with Crippen LogP contribution in [0.1, 0.15) is 48.3 Å². The van der Waals surface area contributed by atoms with Crippen molar-refractivity contribution in [1.29, 1.82) is 0 Å². The van der Waals surface area contributed by atoms with Crippen LogP contribution < -0.4 is 10.5 Å². The summed E-state index contributed by atoms with van der Waals surface area (Å²) in [6.45, 7) is 4.92. The summed E-state index contributed by atoms with van der Waals surface area (Å²) < 4.78 is 10.8. The van der Waals surface area contributed by atoms with Crippen molar-refractivity contribution < 1.29 is 14.3 Å². The number of ether oxygens (including phenoxy) is 2. The van der Waals surface area contributed by atoms with Crippen molar-refractivity contribution in [3.63, 3.8) is 0 Å². The summed E-state index contributed by atoms with van der Waals surface area (Å²) in [7, 11) is 0. The summed E-state index contributed by atoms with van der Waals surface area (Å²) in [5, 5.41) is 0. The number of benzene rings is 1. The molecule has 23 heavy (non-hydrogen) atoms. The van der Waals surface area contributed by atoms with Crippen LogP contribution in [0.25, 0.3) is 0 Å². The van der Waals surface area contributed by atoms with E-state index in [-0.39, 0.29) is 0 Å². The first-order valence-corrected chi connectivity index (χ1v) is 8.00. The number of anilines is 1. The maximum Gasteiger partial charge on any atom is 0.356 e. The van der Waals surface area contributed by atoms with Gasteiger partial charge in [0.15, 0.2) is 0 Å². The highest BCUT2D eigenvalue weighted by Gasteiger charge is 2.17. The highest BCUT2D eigenvalue weighted by Crippen LogP contribution is 2.26. The Hall–Kier alpha value is -2.43. The van der Waals surface area contributed by atoms with Crippen molar-refractivity contribution in [2.75, 3.05) is 18.9 Å². The summed E-state index contributed by atoms with van der Waals surface area (Å²) in [6, 6.07) is 7.89. The van der Waals surface area contributed by atoms with Crippen LogP contribution in [0.3, 0.4) is 0 Å². The first-order chi connectivity index (χ1) is 11.2. The van der Waals surface area contributed by atoms with E-state index < -0.39 is 5.97 Å². The molecule has 5 heteroatoms. The molecule has 0 aliphatic heterocycles. The Balaban J connectivity index is 2.15. The zero-order valence-electron chi connectivity index (χ0n) is 13.7. The van der Waals surface area contributed by atoms with Crippen LogP contribution in [0.15, 0.2) is 30.5 Å². The van der Waals surface area contributed by atoms with Crippen molar-refractivity contribution in [3.8, 4) is 5.75 Å². The molecule has 2 rings (SSSR count). The number of carbonyl (C=O) groups excluding carboxylic acids is 1. The smallest absolute Gasteiger partial charge is 0.356 e. The number of rotatable bonds is 8. The minimum Gasteiger partial charge on any atom is -0.493 e. The minimum absolute atomic E-state index is 0.311. The third-order valence-electron chi connectivity index (χ3n) is 3.59. The highest BCUT2D eigenvalue weighted by atomic mass is 16.5. The van der Waals surface area contributed by atoms with E-state index in [1.54, 1.807) is 13.1 Å². The quantitative estimate of drug-likeness (QED) is 0.577. The second kappa shape index (κ2) is 8.27. The Bertz CT molecular complexity index is 649. The molecule has 124 valence electrons. The molecule has 5 nitrogen and oxygen atoms in total. The van der Waals surface area contributed by atoms with Crippen LogP contribution in [-0.4, -0.2) is 24.2 Å². The van der Waals surface area contributed by atoms with Gasteiger partial charge in [0.05, 0.1) is 18.9 Å². The van der Waals surface area contributed by atoms with Crippen LogP contribution in [0.2, 0.25) is 0 Å². The first kappa shape index (κ1) is 16.9. The van der Waals surface area contributed by atoms with Crippen molar-refractivity contribution >= 4 is 11.7 Å². The molecule has 0 atom stereocenters. The Morgan fingerprint density at radius 2 is 2.00 bits per heavy atom. The van der Waals surface area contributed by atoms with Gasteiger partial charge in [0.25, 0.3) is 0 Å². The molecular formula is C18H24N2O3. The lowest BCUT2D eigenvalue weighted by atomic mass is 10.0. The molecule has 0 fully saturated rings. The average molecular weight is 316 g/mol. The summed E-state index contributed by atoms with van der Waals surface area (Å²) in [5.74, 6) is 0.433. The zero-order valence-corrected chi connectivity index (χ0v) is 13.7. The third kappa shape index (κ3) is 4.28. The van der Waals surface area contributed by atoms with Crippen LogP contribution in [-0.2, 0) is 11.2 Å². The van der Waals surface area contributed by atoms with Crippen LogP contribution >= 0.6 is 0 Å². The standard InChI is InChI=1S/C18H24N2O3/c1-3-5-10-23-15-9-7-6-8-13(15)11-14-12-20-17(16(14)19)18(21)22-4-2/h6-9,12,20H,3-5,10-11,19H2,1-2H3. The number of para-hydroxylation sites is 1. The Kier molecular flexibility index (Phi) is 6.09. The van der Waals surface area contributed by atoms with Crippen molar-refractivity contribution in [1.82, 2.24) is 4.98 Å². The van der Waals surface area contributed by atoms with Gasteiger partial charge in [0.2, 0.25) is 0 Å². The Morgan fingerprint density at radius 3 is 2.74 bits per heavy atom. The minimum atomic E-state index is -0.427. The van der Waals surface area contributed by atoms with Crippen LogP contribution in [0.5, 0.6) is 5.75 Å². The second-order valence-corrected chi connectivity index (χ2v) is 5.31. The van der Waals surface area contributed by atoms with Gasteiger partial charge in [-0.3, -0.25) is 0 Å². The van der Waals surface area contributed by atoms with E-state index >= 15 is 0 Å². The number of nitrogens with one attached hydrogen (secondary N) is 1. The number of unbranched alkanes of at least 4 members (excludes halogenated alkanes) is 1. The predicted octanol–water partition coefficient (Wildman–Crippen LogP) is 3.54. The topological polar surface area (TPSA) is 77.3 Å². The summed E-state index contributed by atoms with van der Waals surface area (Å²) in [5.41, 5.74) is 8.74. The number of carbonyl (C=O) groups is 1. The molecule has 0 saturated heterocycles. The maximum atomic E-state index is 11.8. The van der Waals surface area contributed by atoms with Gasteiger partial charge in [0, 0.05) is 12.6 Å². The molecule has 0 unspecified atom stereocenters. The first-order valence-electron chi connectivity index (χ1n) is 8.00. The van der Waals surface area contributed by atoms with Crippen molar-refractivity contribution in [2.45, 2.75) is 33.1 Å². The number of nitrogen functional groups attached to an aromatic ring is 1. The van der Waals surface area contributed by atoms with Crippen molar-refractivity contribution in [2.24, 2.45) is 0 Å². The van der Waals surface area contributed by atoms with Gasteiger partial charge in [-0.05, 0) is 30.5 Å². The fourth-order valence-corrected chi connectivity index (χ4v) is 2.32. The van der Waals surface area contributed by atoms with E-state index in [0.717, 1.165) is 29.7 Å². The molecule has 2 aromatic rings. The molecule has 0 bridgehead atoms. The van der Waals surface area contributed by atoms with Crippen molar-refractivity contribution in [3.05, 3.63) is 47.3 Å². The van der Waals surface area contributed by atoms with E-state index in [0.29, 0.717) is 31.0 Å². The molecule has 0 radical (unpaired) electrons. The van der Waals surface area contributed by atoms with Crippen LogP contribution in [0.4, 0.5) is 5.69 Å². The molecule has 0 aliphatic rings. The molecule has 0 spiro atoms. The molecule has 0 saturated carbocycles. The zero-order chi connectivity index (χ0) is 16.7. The fraction of sp³-hybridized carbons (Fsp3) is 0.389. The lowest BCUT2D eigenvalue weighted by molar-refractivity contribution is 0.0521. The van der Waals surface area contributed by atoms with Gasteiger partial charge < -0.3 is 20.2 Å². The van der Waals surface area contributed by atoms with Crippen LogP contribution in [0, 0.1) is 0 Å². The molecule has 1 heterocycles.